The van der Waals surface area contributed by atoms with Gasteiger partial charge in [0.25, 0.3) is 0 Å². The second kappa shape index (κ2) is 6.53. The third-order valence-electron chi connectivity index (χ3n) is 3.91. The Morgan fingerprint density at radius 1 is 1.50 bits per heavy atom. The van der Waals surface area contributed by atoms with Crippen LogP contribution in [0.25, 0.3) is 0 Å². The second-order valence-corrected chi connectivity index (χ2v) is 6.20. The van der Waals surface area contributed by atoms with E-state index in [2.05, 4.69) is 33.0 Å². The molecule has 4 nitrogen and oxygen atoms in total. The molecule has 1 N–H and O–H groups in total. The SMILES string of the molecule is COC(=O)C(NCC1CCCO1)C(C)C(C)(C)C. The largest absolute Gasteiger partial charge is 0.468 e. The summed E-state index contributed by atoms with van der Waals surface area (Å²) in [6, 6.07) is -0.265. The highest BCUT2D eigenvalue weighted by Gasteiger charge is 2.34. The van der Waals surface area contributed by atoms with Gasteiger partial charge in [-0.2, -0.15) is 0 Å². The highest BCUT2D eigenvalue weighted by Crippen LogP contribution is 2.28. The minimum atomic E-state index is -0.265. The smallest absolute Gasteiger partial charge is 0.323 e. The molecule has 0 spiro atoms. The van der Waals surface area contributed by atoms with Crippen LogP contribution in [0.15, 0.2) is 0 Å². The lowest BCUT2D eigenvalue weighted by atomic mass is 9.77. The topological polar surface area (TPSA) is 47.6 Å². The van der Waals surface area contributed by atoms with Crippen LogP contribution >= 0.6 is 0 Å². The van der Waals surface area contributed by atoms with Crippen molar-refractivity contribution in [2.75, 3.05) is 20.3 Å². The Morgan fingerprint density at radius 3 is 2.61 bits per heavy atom. The summed E-state index contributed by atoms with van der Waals surface area (Å²) in [4.78, 5) is 11.9. The lowest BCUT2D eigenvalue weighted by Crippen LogP contribution is -2.49. The van der Waals surface area contributed by atoms with E-state index in [0.717, 1.165) is 26.0 Å². The van der Waals surface area contributed by atoms with Crippen molar-refractivity contribution in [2.45, 2.75) is 52.7 Å². The predicted octanol–water partition coefficient (Wildman–Crippen LogP) is 1.98. The first-order chi connectivity index (χ1) is 8.36. The van der Waals surface area contributed by atoms with E-state index in [-0.39, 0.29) is 29.4 Å². The quantitative estimate of drug-likeness (QED) is 0.765. The molecule has 1 aliphatic rings. The zero-order chi connectivity index (χ0) is 13.8. The summed E-state index contributed by atoms with van der Waals surface area (Å²) in [5, 5.41) is 3.32. The molecule has 1 aliphatic heterocycles. The van der Waals surface area contributed by atoms with Gasteiger partial charge in [0.2, 0.25) is 0 Å². The molecule has 1 rings (SSSR count). The van der Waals surface area contributed by atoms with Crippen LogP contribution in [-0.2, 0) is 14.3 Å². The fourth-order valence-electron chi connectivity index (χ4n) is 2.15. The molecule has 0 aliphatic carbocycles. The summed E-state index contributed by atoms with van der Waals surface area (Å²) in [6.45, 7) is 10.1. The van der Waals surface area contributed by atoms with Gasteiger partial charge in [0.15, 0.2) is 0 Å². The van der Waals surface area contributed by atoms with Gasteiger partial charge in [-0.1, -0.05) is 27.7 Å². The fourth-order valence-corrected chi connectivity index (χ4v) is 2.15. The Balaban J connectivity index is 2.57. The van der Waals surface area contributed by atoms with Gasteiger partial charge < -0.3 is 14.8 Å². The van der Waals surface area contributed by atoms with Crippen molar-refractivity contribution < 1.29 is 14.3 Å². The molecule has 0 bridgehead atoms. The second-order valence-electron chi connectivity index (χ2n) is 6.20. The van der Waals surface area contributed by atoms with Crippen molar-refractivity contribution >= 4 is 5.97 Å². The number of hydrogen-bond acceptors (Lipinski definition) is 4. The summed E-state index contributed by atoms with van der Waals surface area (Å²) in [5.41, 5.74) is 0.0579. The van der Waals surface area contributed by atoms with E-state index in [0.29, 0.717) is 0 Å². The number of rotatable bonds is 5. The first-order valence-electron chi connectivity index (χ1n) is 6.79. The van der Waals surface area contributed by atoms with Crippen molar-refractivity contribution in [1.29, 1.82) is 0 Å². The van der Waals surface area contributed by atoms with Crippen LogP contribution in [0.2, 0.25) is 0 Å². The molecule has 1 saturated heterocycles. The zero-order valence-electron chi connectivity index (χ0n) is 12.3. The Morgan fingerprint density at radius 2 is 2.17 bits per heavy atom. The normalized spacial score (nSPS) is 23.7. The van der Waals surface area contributed by atoms with Crippen LogP contribution in [0.5, 0.6) is 0 Å². The Hall–Kier alpha value is -0.610. The highest BCUT2D eigenvalue weighted by atomic mass is 16.5. The first-order valence-corrected chi connectivity index (χ1v) is 6.79. The van der Waals surface area contributed by atoms with Gasteiger partial charge in [-0.3, -0.25) is 4.79 Å². The summed E-state index contributed by atoms with van der Waals surface area (Å²) in [7, 11) is 1.44. The lowest BCUT2D eigenvalue weighted by molar-refractivity contribution is -0.145. The van der Waals surface area contributed by atoms with E-state index in [4.69, 9.17) is 9.47 Å². The van der Waals surface area contributed by atoms with Crippen LogP contribution in [0.1, 0.15) is 40.5 Å². The fraction of sp³-hybridized carbons (Fsp3) is 0.929. The summed E-state index contributed by atoms with van der Waals surface area (Å²) in [6.07, 6.45) is 2.43. The molecular formula is C14H27NO3. The molecule has 0 radical (unpaired) electrons. The number of carbonyl (C=O) groups excluding carboxylic acids is 1. The van der Waals surface area contributed by atoms with Crippen LogP contribution in [0, 0.1) is 11.3 Å². The number of carbonyl (C=O) groups is 1. The molecule has 0 aromatic carbocycles. The number of methoxy groups -OCH3 is 1. The van der Waals surface area contributed by atoms with Gasteiger partial charge >= 0.3 is 5.97 Å². The third-order valence-corrected chi connectivity index (χ3v) is 3.91. The predicted molar refractivity (Wildman–Crippen MR) is 71.4 cm³/mol. The van der Waals surface area contributed by atoms with Gasteiger partial charge in [-0.25, -0.2) is 0 Å². The van der Waals surface area contributed by atoms with E-state index in [1.165, 1.54) is 7.11 Å². The van der Waals surface area contributed by atoms with Crippen LogP contribution in [0.3, 0.4) is 0 Å². The van der Waals surface area contributed by atoms with E-state index >= 15 is 0 Å². The molecule has 4 heteroatoms. The zero-order valence-corrected chi connectivity index (χ0v) is 12.3. The third kappa shape index (κ3) is 4.25. The number of hydrogen-bond donors (Lipinski definition) is 1. The summed E-state index contributed by atoms with van der Waals surface area (Å²) in [5.74, 6) is 0.0155. The van der Waals surface area contributed by atoms with Gasteiger partial charge in [0.1, 0.15) is 6.04 Å². The molecule has 0 saturated carbocycles. The molecule has 1 fully saturated rings. The number of ether oxygens (including phenoxy) is 2. The number of nitrogens with one attached hydrogen (secondary N) is 1. The van der Waals surface area contributed by atoms with Gasteiger partial charge in [0, 0.05) is 13.2 Å². The maximum absolute atomic E-state index is 11.9. The Bertz CT molecular complexity index is 267. The van der Waals surface area contributed by atoms with Crippen molar-refractivity contribution in [3.05, 3.63) is 0 Å². The average Bonchev–Trinajstić information content (AvgIpc) is 2.80. The molecule has 3 unspecified atom stereocenters. The Kier molecular flexibility index (Phi) is 5.60. The maximum Gasteiger partial charge on any atom is 0.323 e. The minimum absolute atomic E-state index is 0.0579. The van der Waals surface area contributed by atoms with Gasteiger partial charge in [-0.15, -0.1) is 0 Å². The van der Waals surface area contributed by atoms with Crippen LogP contribution in [-0.4, -0.2) is 38.4 Å². The van der Waals surface area contributed by atoms with E-state index in [9.17, 15) is 4.79 Å². The number of esters is 1. The first kappa shape index (κ1) is 15.4. The van der Waals surface area contributed by atoms with Crippen LogP contribution < -0.4 is 5.32 Å². The van der Waals surface area contributed by atoms with Crippen molar-refractivity contribution in [3.8, 4) is 0 Å². The maximum atomic E-state index is 11.9. The Labute approximate surface area is 110 Å². The van der Waals surface area contributed by atoms with Gasteiger partial charge in [0.05, 0.1) is 13.2 Å². The summed E-state index contributed by atoms with van der Waals surface area (Å²) >= 11 is 0. The average molecular weight is 257 g/mol. The standard InChI is InChI=1S/C14H27NO3/c1-10(14(2,3)4)12(13(16)17-5)15-9-11-7-6-8-18-11/h10-12,15H,6-9H2,1-5H3. The van der Waals surface area contributed by atoms with E-state index < -0.39 is 0 Å². The molecular weight excluding hydrogens is 230 g/mol. The molecule has 3 atom stereocenters. The van der Waals surface area contributed by atoms with Crippen LogP contribution in [0.4, 0.5) is 0 Å². The van der Waals surface area contributed by atoms with E-state index in [1.807, 2.05) is 0 Å². The molecule has 106 valence electrons. The molecule has 0 aromatic heterocycles. The van der Waals surface area contributed by atoms with E-state index in [1.54, 1.807) is 0 Å². The monoisotopic (exact) mass is 257 g/mol. The highest BCUT2D eigenvalue weighted by molar-refractivity contribution is 5.76. The molecule has 0 aromatic rings. The van der Waals surface area contributed by atoms with Crippen molar-refractivity contribution in [1.82, 2.24) is 5.32 Å². The minimum Gasteiger partial charge on any atom is -0.468 e. The molecule has 1 heterocycles. The summed E-state index contributed by atoms with van der Waals surface area (Å²) < 4.78 is 10.5. The van der Waals surface area contributed by atoms with Crippen molar-refractivity contribution in [3.63, 3.8) is 0 Å². The molecule has 18 heavy (non-hydrogen) atoms. The van der Waals surface area contributed by atoms with Gasteiger partial charge in [-0.05, 0) is 24.2 Å². The van der Waals surface area contributed by atoms with Crippen molar-refractivity contribution in [2.24, 2.45) is 11.3 Å². The molecule has 0 amide bonds. The lowest BCUT2D eigenvalue weighted by Gasteiger charge is -2.33.